The third kappa shape index (κ3) is 1.13. The standard InChI is InChI=1S/C10H12N4O2S/c15-17(16)13-5-11-6-14(17)8-12(7-13)10-4-2-1-3-9(10)11/h1-4H,5-8H2. The van der Waals surface area contributed by atoms with Crippen molar-refractivity contribution in [2.45, 2.75) is 0 Å². The van der Waals surface area contributed by atoms with E-state index in [9.17, 15) is 8.42 Å². The number of hydrogen-bond acceptors (Lipinski definition) is 4. The van der Waals surface area contributed by atoms with Crippen LogP contribution in [0.5, 0.6) is 0 Å². The summed E-state index contributed by atoms with van der Waals surface area (Å²) in [5.41, 5.74) is 2.24. The Morgan fingerprint density at radius 1 is 0.824 bits per heavy atom. The summed E-state index contributed by atoms with van der Waals surface area (Å²) in [6.07, 6.45) is 0. The SMILES string of the molecule is O=S1(=O)N2CN3CN1CN(C2)c1ccccc13. The highest BCUT2D eigenvalue weighted by atomic mass is 32.2. The second kappa shape index (κ2) is 2.92. The van der Waals surface area contributed by atoms with Crippen molar-refractivity contribution in [3.8, 4) is 0 Å². The zero-order chi connectivity index (χ0) is 11.6. The topological polar surface area (TPSA) is 47.1 Å². The van der Waals surface area contributed by atoms with Crippen LogP contribution in [0, 0.1) is 0 Å². The van der Waals surface area contributed by atoms with E-state index < -0.39 is 10.2 Å². The first kappa shape index (κ1) is 9.69. The van der Waals surface area contributed by atoms with Gasteiger partial charge in [0.25, 0.3) is 10.2 Å². The maximum Gasteiger partial charge on any atom is 0.288 e. The smallest absolute Gasteiger partial charge is 0.288 e. The first-order valence-corrected chi connectivity index (χ1v) is 6.90. The molecule has 4 bridgehead atoms. The van der Waals surface area contributed by atoms with Gasteiger partial charge >= 0.3 is 0 Å². The Morgan fingerprint density at radius 3 is 1.65 bits per heavy atom. The number of anilines is 2. The zero-order valence-electron chi connectivity index (χ0n) is 9.15. The number of rotatable bonds is 0. The summed E-state index contributed by atoms with van der Waals surface area (Å²) in [5, 5.41) is 0. The van der Waals surface area contributed by atoms with Crippen molar-refractivity contribution in [3.63, 3.8) is 0 Å². The first-order valence-electron chi connectivity index (χ1n) is 5.50. The average Bonchev–Trinajstić information content (AvgIpc) is 2.49. The van der Waals surface area contributed by atoms with Gasteiger partial charge in [0.05, 0.1) is 38.0 Å². The molecule has 0 N–H and O–H groups in total. The summed E-state index contributed by atoms with van der Waals surface area (Å²) in [6, 6.07) is 8.08. The van der Waals surface area contributed by atoms with Gasteiger partial charge in [-0.1, -0.05) is 12.1 Å². The molecule has 6 nitrogen and oxygen atoms in total. The van der Waals surface area contributed by atoms with Gasteiger partial charge in [-0.3, -0.25) is 0 Å². The van der Waals surface area contributed by atoms with Crippen molar-refractivity contribution < 1.29 is 8.42 Å². The fourth-order valence-electron chi connectivity index (χ4n) is 2.70. The van der Waals surface area contributed by atoms with E-state index in [1.807, 2.05) is 24.3 Å². The van der Waals surface area contributed by atoms with Crippen LogP contribution in [-0.4, -0.2) is 43.7 Å². The Morgan fingerprint density at radius 2 is 1.24 bits per heavy atom. The molecule has 4 heterocycles. The molecular formula is C10H12N4O2S. The molecule has 0 atom stereocenters. The summed E-state index contributed by atoms with van der Waals surface area (Å²) in [4.78, 5) is 4.20. The van der Waals surface area contributed by atoms with Gasteiger partial charge in [-0.05, 0) is 12.1 Å². The minimum Gasteiger partial charge on any atom is -0.342 e. The molecule has 0 saturated carbocycles. The molecule has 7 heteroatoms. The number of hydrogen-bond donors (Lipinski definition) is 0. The quantitative estimate of drug-likeness (QED) is 0.653. The van der Waals surface area contributed by atoms with Gasteiger partial charge in [0, 0.05) is 0 Å². The van der Waals surface area contributed by atoms with Crippen LogP contribution in [0.25, 0.3) is 0 Å². The fraction of sp³-hybridized carbons (Fsp3) is 0.400. The van der Waals surface area contributed by atoms with Crippen LogP contribution in [0.3, 0.4) is 0 Å². The molecule has 2 fully saturated rings. The molecule has 0 unspecified atom stereocenters. The van der Waals surface area contributed by atoms with Crippen LogP contribution in [-0.2, 0) is 10.2 Å². The van der Waals surface area contributed by atoms with E-state index in [2.05, 4.69) is 9.80 Å². The van der Waals surface area contributed by atoms with Crippen molar-refractivity contribution in [2.75, 3.05) is 36.5 Å². The third-order valence-corrected chi connectivity index (χ3v) is 5.30. The van der Waals surface area contributed by atoms with E-state index in [0.29, 0.717) is 26.7 Å². The van der Waals surface area contributed by atoms with Gasteiger partial charge in [0.15, 0.2) is 0 Å². The molecule has 5 rings (SSSR count). The zero-order valence-corrected chi connectivity index (χ0v) is 9.97. The fourth-order valence-corrected chi connectivity index (χ4v) is 4.17. The molecule has 0 radical (unpaired) electrons. The molecule has 0 amide bonds. The monoisotopic (exact) mass is 252 g/mol. The molecule has 90 valence electrons. The van der Waals surface area contributed by atoms with Gasteiger partial charge in [0.1, 0.15) is 0 Å². The first-order chi connectivity index (χ1) is 8.16. The lowest BCUT2D eigenvalue weighted by molar-refractivity contribution is 0.248. The predicted octanol–water partition coefficient (Wildman–Crippen LogP) is 0.0190. The summed E-state index contributed by atoms with van der Waals surface area (Å²) in [5.74, 6) is 0. The Labute approximate surface area is 99.8 Å². The highest BCUT2D eigenvalue weighted by Gasteiger charge is 2.46. The van der Waals surface area contributed by atoms with Crippen molar-refractivity contribution in [2.24, 2.45) is 0 Å². The maximum absolute atomic E-state index is 12.1. The number of benzene rings is 1. The van der Waals surface area contributed by atoms with Crippen molar-refractivity contribution in [1.82, 2.24) is 8.61 Å². The molecule has 0 aliphatic carbocycles. The number of nitrogens with zero attached hydrogens (tertiary/aromatic N) is 4. The average molecular weight is 252 g/mol. The molecule has 4 aliphatic rings. The minimum atomic E-state index is -3.23. The van der Waals surface area contributed by atoms with Crippen molar-refractivity contribution in [1.29, 1.82) is 0 Å². The van der Waals surface area contributed by atoms with E-state index in [1.54, 1.807) is 0 Å². The normalized spacial score (nSPS) is 26.1. The van der Waals surface area contributed by atoms with E-state index in [-0.39, 0.29) is 0 Å². The Hall–Kier alpha value is -1.31. The number of para-hydroxylation sites is 2. The Kier molecular flexibility index (Phi) is 1.67. The van der Waals surface area contributed by atoms with Gasteiger partial charge in [-0.15, -0.1) is 0 Å². The van der Waals surface area contributed by atoms with Gasteiger partial charge in [-0.25, -0.2) is 0 Å². The summed E-state index contributed by atoms with van der Waals surface area (Å²) in [7, 11) is -3.23. The molecule has 0 spiro atoms. The van der Waals surface area contributed by atoms with Crippen LogP contribution in [0.15, 0.2) is 24.3 Å². The molecular weight excluding hydrogens is 240 g/mol. The lowest BCUT2D eigenvalue weighted by Gasteiger charge is -2.44. The van der Waals surface area contributed by atoms with E-state index in [1.165, 1.54) is 8.61 Å². The lowest BCUT2D eigenvalue weighted by Crippen LogP contribution is -2.64. The molecule has 2 saturated heterocycles. The van der Waals surface area contributed by atoms with Gasteiger partial charge in [-0.2, -0.15) is 17.0 Å². The summed E-state index contributed by atoms with van der Waals surface area (Å²) >= 11 is 0. The Bertz CT molecular complexity index is 531. The van der Waals surface area contributed by atoms with Crippen LogP contribution >= 0.6 is 0 Å². The van der Waals surface area contributed by atoms with E-state index >= 15 is 0 Å². The summed E-state index contributed by atoms with van der Waals surface area (Å²) in [6.45, 7) is 1.80. The molecule has 1 aromatic carbocycles. The second-order valence-corrected chi connectivity index (χ2v) is 6.47. The van der Waals surface area contributed by atoms with Crippen LogP contribution in [0.1, 0.15) is 0 Å². The maximum atomic E-state index is 12.1. The Balaban J connectivity index is 1.93. The van der Waals surface area contributed by atoms with E-state index in [0.717, 1.165) is 11.4 Å². The molecule has 1 aromatic rings. The summed E-state index contributed by atoms with van der Waals surface area (Å²) < 4.78 is 27.2. The molecule has 0 aromatic heterocycles. The van der Waals surface area contributed by atoms with Crippen LogP contribution in [0.4, 0.5) is 11.4 Å². The van der Waals surface area contributed by atoms with Crippen molar-refractivity contribution >= 4 is 21.6 Å². The second-order valence-electron chi connectivity index (χ2n) is 4.55. The highest BCUT2D eigenvalue weighted by Crippen LogP contribution is 2.39. The third-order valence-electron chi connectivity index (χ3n) is 3.53. The molecule has 17 heavy (non-hydrogen) atoms. The lowest BCUT2D eigenvalue weighted by atomic mass is 10.2. The van der Waals surface area contributed by atoms with E-state index in [4.69, 9.17) is 0 Å². The van der Waals surface area contributed by atoms with Gasteiger partial charge in [0.2, 0.25) is 0 Å². The largest absolute Gasteiger partial charge is 0.342 e. The predicted molar refractivity (Wildman–Crippen MR) is 63.5 cm³/mol. The van der Waals surface area contributed by atoms with Crippen LogP contribution < -0.4 is 9.80 Å². The minimum absolute atomic E-state index is 0.451. The van der Waals surface area contributed by atoms with Crippen molar-refractivity contribution in [3.05, 3.63) is 24.3 Å². The molecule has 4 aliphatic heterocycles. The van der Waals surface area contributed by atoms with Crippen LogP contribution in [0.2, 0.25) is 0 Å². The highest BCUT2D eigenvalue weighted by molar-refractivity contribution is 7.86. The van der Waals surface area contributed by atoms with Gasteiger partial charge < -0.3 is 9.80 Å².